The maximum Gasteiger partial charge on any atom is 0.242 e. The predicted octanol–water partition coefficient (Wildman–Crippen LogP) is 3.59. The smallest absolute Gasteiger partial charge is 0.242 e. The summed E-state index contributed by atoms with van der Waals surface area (Å²) in [6.07, 6.45) is 4.96. The molecule has 0 aliphatic carbocycles. The standard InChI is InChI=1S/C12H18Cl2N2O2S2/c1-4-12(5-2,19-3)8-16-20(17,18)9-6-10(13)11(14)15-7-9/h6-7,16H,4-5,8H2,1-3H3. The minimum absolute atomic E-state index is 0.0223. The van der Waals surface area contributed by atoms with Gasteiger partial charge in [-0.1, -0.05) is 37.0 Å². The van der Waals surface area contributed by atoms with Crippen LogP contribution < -0.4 is 4.72 Å². The molecule has 20 heavy (non-hydrogen) atoms. The van der Waals surface area contributed by atoms with Crippen LogP contribution in [0.15, 0.2) is 17.2 Å². The molecule has 0 amide bonds. The highest BCUT2D eigenvalue weighted by atomic mass is 35.5. The Morgan fingerprint density at radius 3 is 2.40 bits per heavy atom. The molecule has 1 rings (SSSR count). The van der Waals surface area contributed by atoms with Gasteiger partial charge in [0.05, 0.1) is 5.02 Å². The SMILES string of the molecule is CCC(CC)(CNS(=O)(=O)c1cnc(Cl)c(Cl)c1)SC. The van der Waals surface area contributed by atoms with Gasteiger partial charge in [-0.25, -0.2) is 18.1 Å². The Kier molecular flexibility index (Phi) is 6.60. The number of pyridine rings is 1. The van der Waals surface area contributed by atoms with Gasteiger partial charge >= 0.3 is 0 Å². The second-order valence-electron chi connectivity index (χ2n) is 4.36. The van der Waals surface area contributed by atoms with E-state index < -0.39 is 10.0 Å². The maximum atomic E-state index is 12.2. The summed E-state index contributed by atoms with van der Waals surface area (Å²) < 4.78 is 27.0. The highest BCUT2D eigenvalue weighted by Gasteiger charge is 2.27. The van der Waals surface area contributed by atoms with Gasteiger partial charge in [-0.2, -0.15) is 11.8 Å². The van der Waals surface area contributed by atoms with Gasteiger partial charge in [-0.3, -0.25) is 0 Å². The molecule has 0 saturated heterocycles. The lowest BCUT2D eigenvalue weighted by Crippen LogP contribution is -2.39. The topological polar surface area (TPSA) is 59.1 Å². The first-order valence-electron chi connectivity index (χ1n) is 6.16. The summed E-state index contributed by atoms with van der Waals surface area (Å²) >= 11 is 13.2. The molecule has 0 radical (unpaired) electrons. The zero-order valence-electron chi connectivity index (χ0n) is 11.6. The summed E-state index contributed by atoms with van der Waals surface area (Å²) in [6, 6.07) is 1.30. The number of rotatable bonds is 7. The molecule has 0 saturated carbocycles. The molecule has 0 aromatic carbocycles. The normalized spacial score (nSPS) is 12.7. The van der Waals surface area contributed by atoms with Crippen molar-refractivity contribution in [3.05, 3.63) is 22.4 Å². The van der Waals surface area contributed by atoms with Crippen molar-refractivity contribution in [1.29, 1.82) is 0 Å². The number of hydrogen-bond acceptors (Lipinski definition) is 4. The fraction of sp³-hybridized carbons (Fsp3) is 0.583. The van der Waals surface area contributed by atoms with Crippen molar-refractivity contribution >= 4 is 45.0 Å². The Bertz CT molecular complexity index is 552. The summed E-state index contributed by atoms with van der Waals surface area (Å²) in [5.74, 6) is 0. The van der Waals surface area contributed by atoms with Crippen LogP contribution in [0.4, 0.5) is 0 Å². The van der Waals surface area contributed by atoms with E-state index in [1.165, 1.54) is 12.3 Å². The summed E-state index contributed by atoms with van der Waals surface area (Å²) in [7, 11) is -3.63. The molecule has 1 heterocycles. The van der Waals surface area contributed by atoms with Crippen LogP contribution in [0, 0.1) is 0 Å². The number of nitrogens with one attached hydrogen (secondary N) is 1. The second kappa shape index (κ2) is 7.31. The zero-order valence-corrected chi connectivity index (χ0v) is 14.8. The van der Waals surface area contributed by atoms with E-state index >= 15 is 0 Å². The van der Waals surface area contributed by atoms with Crippen molar-refractivity contribution in [3.63, 3.8) is 0 Å². The fourth-order valence-corrected chi connectivity index (χ4v) is 4.04. The molecular weight excluding hydrogens is 339 g/mol. The van der Waals surface area contributed by atoms with Crippen LogP contribution in [0.1, 0.15) is 26.7 Å². The fourth-order valence-electron chi connectivity index (χ4n) is 1.72. The van der Waals surface area contributed by atoms with Gasteiger partial charge in [-0.05, 0) is 25.2 Å². The quantitative estimate of drug-likeness (QED) is 0.758. The van der Waals surface area contributed by atoms with Gasteiger partial charge in [-0.15, -0.1) is 0 Å². The zero-order chi connectivity index (χ0) is 15.4. The first-order chi connectivity index (χ1) is 9.30. The number of nitrogens with zero attached hydrogens (tertiary/aromatic N) is 1. The van der Waals surface area contributed by atoms with E-state index in [1.54, 1.807) is 11.8 Å². The molecule has 1 aromatic rings. The first kappa shape index (κ1) is 18.0. The Morgan fingerprint density at radius 2 is 1.95 bits per heavy atom. The molecule has 1 aromatic heterocycles. The number of sulfonamides is 1. The number of aromatic nitrogens is 1. The third kappa shape index (κ3) is 4.24. The molecule has 0 bridgehead atoms. The Labute approximate surface area is 134 Å². The van der Waals surface area contributed by atoms with Crippen LogP contribution in [0.3, 0.4) is 0 Å². The molecule has 114 valence electrons. The van der Waals surface area contributed by atoms with Crippen molar-refractivity contribution in [2.24, 2.45) is 0 Å². The van der Waals surface area contributed by atoms with Crippen LogP contribution in [0.2, 0.25) is 10.2 Å². The largest absolute Gasteiger partial charge is 0.242 e. The molecule has 0 atom stereocenters. The van der Waals surface area contributed by atoms with Crippen molar-refractivity contribution in [3.8, 4) is 0 Å². The Hall–Kier alpha value is -0.0100. The molecule has 0 unspecified atom stereocenters. The van der Waals surface area contributed by atoms with Gasteiger partial charge in [0.1, 0.15) is 10.0 Å². The maximum absolute atomic E-state index is 12.2. The first-order valence-corrected chi connectivity index (χ1v) is 9.62. The lowest BCUT2D eigenvalue weighted by Gasteiger charge is -2.29. The third-order valence-electron chi connectivity index (χ3n) is 3.39. The monoisotopic (exact) mass is 356 g/mol. The predicted molar refractivity (Wildman–Crippen MR) is 86.3 cm³/mol. The molecule has 4 nitrogen and oxygen atoms in total. The van der Waals surface area contributed by atoms with Crippen LogP contribution in [0.5, 0.6) is 0 Å². The minimum Gasteiger partial charge on any atom is -0.242 e. The second-order valence-corrected chi connectivity index (χ2v) is 8.17. The highest BCUT2D eigenvalue weighted by Crippen LogP contribution is 2.30. The molecule has 1 N–H and O–H groups in total. The summed E-state index contributed by atoms with van der Waals surface area (Å²) in [5, 5.41) is 0.211. The van der Waals surface area contributed by atoms with Crippen LogP contribution in [-0.4, -0.2) is 30.9 Å². The van der Waals surface area contributed by atoms with E-state index in [9.17, 15) is 8.42 Å². The van der Waals surface area contributed by atoms with Gasteiger partial charge in [0.2, 0.25) is 10.0 Å². The van der Waals surface area contributed by atoms with E-state index in [4.69, 9.17) is 23.2 Å². The van der Waals surface area contributed by atoms with Gasteiger partial charge < -0.3 is 0 Å². The van der Waals surface area contributed by atoms with Gasteiger partial charge in [0, 0.05) is 17.5 Å². The summed E-state index contributed by atoms with van der Waals surface area (Å²) in [6.45, 7) is 4.47. The Morgan fingerprint density at radius 1 is 1.35 bits per heavy atom. The minimum atomic E-state index is -3.63. The van der Waals surface area contributed by atoms with E-state index in [1.807, 2.05) is 6.26 Å². The van der Waals surface area contributed by atoms with Gasteiger partial charge in [0.25, 0.3) is 0 Å². The van der Waals surface area contributed by atoms with Crippen LogP contribution in [-0.2, 0) is 10.0 Å². The Balaban J connectivity index is 2.92. The van der Waals surface area contributed by atoms with Gasteiger partial charge in [0.15, 0.2) is 0 Å². The van der Waals surface area contributed by atoms with Crippen molar-refractivity contribution < 1.29 is 8.42 Å². The molecule has 0 fully saturated rings. The average molecular weight is 357 g/mol. The van der Waals surface area contributed by atoms with Crippen molar-refractivity contribution in [2.75, 3.05) is 12.8 Å². The third-order valence-corrected chi connectivity index (χ3v) is 7.03. The van der Waals surface area contributed by atoms with Crippen molar-refractivity contribution in [2.45, 2.75) is 36.3 Å². The van der Waals surface area contributed by atoms with Crippen molar-refractivity contribution in [1.82, 2.24) is 9.71 Å². The summed E-state index contributed by atoms with van der Waals surface area (Å²) in [5.41, 5.74) is 0. The summed E-state index contributed by atoms with van der Waals surface area (Å²) in [4.78, 5) is 3.78. The van der Waals surface area contributed by atoms with Crippen LogP contribution in [0.25, 0.3) is 0 Å². The molecule has 8 heteroatoms. The molecule has 0 aliphatic heterocycles. The van der Waals surface area contributed by atoms with E-state index in [-0.39, 0.29) is 19.8 Å². The highest BCUT2D eigenvalue weighted by molar-refractivity contribution is 8.00. The number of hydrogen-bond donors (Lipinski definition) is 1. The number of thioether (sulfide) groups is 1. The molecular formula is C12H18Cl2N2O2S2. The van der Waals surface area contributed by atoms with Crippen LogP contribution >= 0.6 is 35.0 Å². The lowest BCUT2D eigenvalue weighted by molar-refractivity contribution is 0.522. The molecule has 0 aliphatic rings. The van der Waals surface area contributed by atoms with E-state index in [0.717, 1.165) is 12.8 Å². The number of halogens is 2. The lowest BCUT2D eigenvalue weighted by atomic mass is 10.0. The average Bonchev–Trinajstić information content (AvgIpc) is 2.44. The molecule has 0 spiro atoms. The van der Waals surface area contributed by atoms with E-state index in [2.05, 4.69) is 23.6 Å². The van der Waals surface area contributed by atoms with E-state index in [0.29, 0.717) is 6.54 Å².